The number of aliphatic hydroxyl groups is 1. The summed E-state index contributed by atoms with van der Waals surface area (Å²) in [6.45, 7) is 1.89. The lowest BCUT2D eigenvalue weighted by molar-refractivity contribution is -0.385. The van der Waals surface area contributed by atoms with Gasteiger partial charge in [-0.15, -0.1) is 0 Å². The van der Waals surface area contributed by atoms with Gasteiger partial charge in [0, 0.05) is 17.7 Å². The molecular weight excluding hydrogens is 224 g/mol. The number of aromatic hydroxyl groups is 1. The van der Waals surface area contributed by atoms with E-state index in [9.17, 15) is 20.3 Å². The van der Waals surface area contributed by atoms with E-state index in [1.54, 1.807) is 0 Å². The first-order valence-corrected chi connectivity index (χ1v) is 5.38. The number of nitro groups is 1. The van der Waals surface area contributed by atoms with Crippen molar-refractivity contribution in [3.63, 3.8) is 0 Å². The van der Waals surface area contributed by atoms with Gasteiger partial charge in [0.1, 0.15) is 5.75 Å². The molecule has 94 valence electrons. The van der Waals surface area contributed by atoms with Crippen LogP contribution in [-0.2, 0) is 0 Å². The van der Waals surface area contributed by atoms with Crippen LogP contribution in [0.4, 0.5) is 5.69 Å². The molecule has 0 saturated heterocycles. The minimum Gasteiger partial charge on any atom is -0.508 e. The van der Waals surface area contributed by atoms with Crippen LogP contribution < -0.4 is 5.73 Å². The molecule has 6 heteroatoms. The Kier molecular flexibility index (Phi) is 4.42. The average molecular weight is 240 g/mol. The number of hydrogen-bond donors (Lipinski definition) is 3. The SMILES string of the molecule is CCC[C@@H](O)[C@@H](N)c1cc([N+](=O)[O-])ccc1O. The molecule has 0 aliphatic heterocycles. The Morgan fingerprint density at radius 3 is 2.71 bits per heavy atom. The Bertz CT molecular complexity index is 408. The predicted octanol–water partition coefficient (Wildman–Crippen LogP) is 1.46. The number of aliphatic hydroxyl groups excluding tert-OH is 1. The number of phenols is 1. The third kappa shape index (κ3) is 3.15. The van der Waals surface area contributed by atoms with Gasteiger partial charge in [0.25, 0.3) is 5.69 Å². The van der Waals surface area contributed by atoms with Crippen LogP contribution in [-0.4, -0.2) is 21.2 Å². The molecule has 0 fully saturated rings. The van der Waals surface area contributed by atoms with E-state index in [1.165, 1.54) is 18.2 Å². The zero-order valence-electron chi connectivity index (χ0n) is 9.54. The molecule has 1 aromatic rings. The number of phenolic OH excluding ortho intramolecular Hbond substituents is 1. The van der Waals surface area contributed by atoms with Crippen LogP contribution in [0.5, 0.6) is 5.75 Å². The van der Waals surface area contributed by atoms with Crippen molar-refractivity contribution in [3.8, 4) is 5.75 Å². The minimum atomic E-state index is -0.826. The largest absolute Gasteiger partial charge is 0.508 e. The molecule has 1 aromatic carbocycles. The van der Waals surface area contributed by atoms with Crippen molar-refractivity contribution in [1.82, 2.24) is 0 Å². The maximum Gasteiger partial charge on any atom is 0.270 e. The van der Waals surface area contributed by atoms with Gasteiger partial charge < -0.3 is 15.9 Å². The maximum atomic E-state index is 10.6. The number of non-ortho nitro benzene ring substituents is 1. The Morgan fingerprint density at radius 1 is 1.53 bits per heavy atom. The fourth-order valence-corrected chi connectivity index (χ4v) is 1.61. The summed E-state index contributed by atoms with van der Waals surface area (Å²) in [5.41, 5.74) is 5.80. The number of benzene rings is 1. The molecule has 0 radical (unpaired) electrons. The predicted molar refractivity (Wildman–Crippen MR) is 62.6 cm³/mol. The molecule has 0 amide bonds. The second kappa shape index (κ2) is 5.60. The second-order valence-corrected chi connectivity index (χ2v) is 3.88. The average Bonchev–Trinajstić information content (AvgIpc) is 2.28. The molecule has 0 heterocycles. The quantitative estimate of drug-likeness (QED) is 0.533. The van der Waals surface area contributed by atoms with Gasteiger partial charge in [0.05, 0.1) is 17.1 Å². The Morgan fingerprint density at radius 2 is 2.18 bits per heavy atom. The Labute approximate surface area is 98.8 Å². The number of hydrogen-bond acceptors (Lipinski definition) is 5. The van der Waals surface area contributed by atoms with E-state index in [0.717, 1.165) is 6.42 Å². The van der Waals surface area contributed by atoms with Crippen LogP contribution in [0.25, 0.3) is 0 Å². The third-order valence-electron chi connectivity index (χ3n) is 2.58. The topological polar surface area (TPSA) is 110 Å². The molecule has 1 rings (SSSR count). The summed E-state index contributed by atoms with van der Waals surface area (Å²) >= 11 is 0. The smallest absolute Gasteiger partial charge is 0.270 e. The van der Waals surface area contributed by atoms with Crippen molar-refractivity contribution in [3.05, 3.63) is 33.9 Å². The van der Waals surface area contributed by atoms with E-state index in [0.29, 0.717) is 6.42 Å². The molecule has 17 heavy (non-hydrogen) atoms. The van der Waals surface area contributed by atoms with Gasteiger partial charge in [-0.3, -0.25) is 10.1 Å². The highest BCUT2D eigenvalue weighted by Gasteiger charge is 2.21. The zero-order chi connectivity index (χ0) is 13.0. The van der Waals surface area contributed by atoms with Crippen LogP contribution in [0, 0.1) is 10.1 Å². The standard InChI is InChI=1S/C11H16N2O4/c1-2-3-10(15)11(12)8-6-7(13(16)17)4-5-9(8)14/h4-6,10-11,14-15H,2-3,12H2,1H3/t10-,11+/m1/s1. The van der Waals surface area contributed by atoms with Gasteiger partial charge in [0.2, 0.25) is 0 Å². The maximum absolute atomic E-state index is 10.6. The van der Waals surface area contributed by atoms with Crippen molar-refractivity contribution in [2.24, 2.45) is 5.73 Å². The molecule has 0 unspecified atom stereocenters. The van der Waals surface area contributed by atoms with Gasteiger partial charge >= 0.3 is 0 Å². The molecule has 6 nitrogen and oxygen atoms in total. The molecule has 0 aliphatic carbocycles. The number of nitrogens with two attached hydrogens (primary N) is 1. The molecule has 0 aromatic heterocycles. The van der Waals surface area contributed by atoms with E-state index in [2.05, 4.69) is 0 Å². The van der Waals surface area contributed by atoms with E-state index in [1.807, 2.05) is 6.92 Å². The lowest BCUT2D eigenvalue weighted by Gasteiger charge is -2.19. The Balaban J connectivity index is 3.03. The summed E-state index contributed by atoms with van der Waals surface area (Å²) < 4.78 is 0. The number of nitro benzene ring substituents is 1. The first-order valence-electron chi connectivity index (χ1n) is 5.38. The van der Waals surface area contributed by atoms with Crippen molar-refractivity contribution >= 4 is 5.69 Å². The number of nitrogens with zero attached hydrogens (tertiary/aromatic N) is 1. The van der Waals surface area contributed by atoms with E-state index >= 15 is 0 Å². The highest BCUT2D eigenvalue weighted by molar-refractivity contribution is 5.44. The zero-order valence-corrected chi connectivity index (χ0v) is 9.54. The molecular formula is C11H16N2O4. The van der Waals surface area contributed by atoms with Crippen molar-refractivity contribution < 1.29 is 15.1 Å². The fraction of sp³-hybridized carbons (Fsp3) is 0.455. The summed E-state index contributed by atoms with van der Waals surface area (Å²) in [5.74, 6) is -0.141. The number of rotatable bonds is 5. The minimum absolute atomic E-state index is 0.141. The van der Waals surface area contributed by atoms with Crippen molar-refractivity contribution in [1.29, 1.82) is 0 Å². The normalized spacial score (nSPS) is 14.3. The van der Waals surface area contributed by atoms with Gasteiger partial charge in [-0.25, -0.2) is 0 Å². The molecule has 0 saturated carbocycles. The highest BCUT2D eigenvalue weighted by Crippen LogP contribution is 2.29. The van der Waals surface area contributed by atoms with E-state index < -0.39 is 17.1 Å². The molecule has 2 atom stereocenters. The van der Waals surface area contributed by atoms with Gasteiger partial charge in [-0.05, 0) is 12.5 Å². The lowest BCUT2D eigenvalue weighted by atomic mass is 9.98. The van der Waals surface area contributed by atoms with Gasteiger partial charge in [-0.1, -0.05) is 13.3 Å². The summed E-state index contributed by atoms with van der Waals surface area (Å²) in [6, 6.07) is 2.78. The fourth-order valence-electron chi connectivity index (χ4n) is 1.61. The highest BCUT2D eigenvalue weighted by atomic mass is 16.6. The van der Waals surface area contributed by atoms with Crippen molar-refractivity contribution in [2.45, 2.75) is 31.9 Å². The first kappa shape index (κ1) is 13.4. The summed E-state index contributed by atoms with van der Waals surface area (Å²) in [4.78, 5) is 10.0. The lowest BCUT2D eigenvalue weighted by Crippen LogP contribution is -2.26. The summed E-state index contributed by atoms with van der Waals surface area (Å²) in [6.07, 6.45) is 0.390. The van der Waals surface area contributed by atoms with Crippen LogP contribution in [0.3, 0.4) is 0 Å². The van der Waals surface area contributed by atoms with Crippen molar-refractivity contribution in [2.75, 3.05) is 0 Å². The molecule has 0 spiro atoms. The van der Waals surface area contributed by atoms with Gasteiger partial charge in [-0.2, -0.15) is 0 Å². The van der Waals surface area contributed by atoms with Crippen LogP contribution in [0.1, 0.15) is 31.4 Å². The molecule has 4 N–H and O–H groups in total. The monoisotopic (exact) mass is 240 g/mol. The summed E-state index contributed by atoms with van der Waals surface area (Å²) in [7, 11) is 0. The van der Waals surface area contributed by atoms with Crippen LogP contribution in [0.15, 0.2) is 18.2 Å². The van der Waals surface area contributed by atoms with E-state index in [-0.39, 0.29) is 17.0 Å². The van der Waals surface area contributed by atoms with E-state index in [4.69, 9.17) is 5.73 Å². The summed E-state index contributed by atoms with van der Waals surface area (Å²) in [5, 5.41) is 29.9. The Hall–Kier alpha value is -1.66. The van der Waals surface area contributed by atoms with Crippen LogP contribution >= 0.6 is 0 Å². The molecule has 0 bridgehead atoms. The first-order chi connectivity index (χ1) is 7.97. The molecule has 0 aliphatic rings. The second-order valence-electron chi connectivity index (χ2n) is 3.88. The third-order valence-corrected chi connectivity index (χ3v) is 2.58. The van der Waals surface area contributed by atoms with Gasteiger partial charge in [0.15, 0.2) is 0 Å². The van der Waals surface area contributed by atoms with Crippen LogP contribution in [0.2, 0.25) is 0 Å².